The van der Waals surface area contributed by atoms with Crippen LogP contribution in [0.1, 0.15) is 37.5 Å². The maximum absolute atomic E-state index is 11.2. The molecule has 0 aromatic heterocycles. The lowest BCUT2D eigenvalue weighted by Crippen LogP contribution is -2.45. The van der Waals surface area contributed by atoms with Crippen molar-refractivity contribution in [3.63, 3.8) is 0 Å². The van der Waals surface area contributed by atoms with Crippen LogP contribution in [0.2, 0.25) is 0 Å². The first-order chi connectivity index (χ1) is 15.8. The lowest BCUT2D eigenvalue weighted by atomic mass is 9.80. The fourth-order valence-electron chi connectivity index (χ4n) is 4.56. The maximum Gasteiger partial charge on any atom is 0.164 e. The third-order valence-electron chi connectivity index (χ3n) is 6.03. The summed E-state index contributed by atoms with van der Waals surface area (Å²) in [6.45, 7) is 5.17. The van der Waals surface area contributed by atoms with E-state index < -0.39 is 35.8 Å². The molecule has 0 saturated carbocycles. The van der Waals surface area contributed by atoms with Gasteiger partial charge in [0.1, 0.15) is 23.9 Å². The minimum atomic E-state index is -1.01. The number of rotatable bonds is 8. The van der Waals surface area contributed by atoms with Crippen molar-refractivity contribution in [3.8, 4) is 0 Å². The Morgan fingerprint density at radius 2 is 1.15 bits per heavy atom. The van der Waals surface area contributed by atoms with Gasteiger partial charge >= 0.3 is 0 Å². The van der Waals surface area contributed by atoms with Crippen molar-refractivity contribution >= 4 is 0 Å². The summed E-state index contributed by atoms with van der Waals surface area (Å²) in [4.78, 5) is 0. The number of aliphatic hydroxyl groups is 2. The van der Waals surface area contributed by atoms with Crippen LogP contribution in [0.4, 0.5) is 0 Å². The Bertz CT molecular complexity index is 908. The minimum Gasteiger partial charge on any atom is -0.391 e. The van der Waals surface area contributed by atoms with E-state index in [4.69, 9.17) is 14.2 Å². The number of benzene rings is 3. The maximum atomic E-state index is 11.2. The zero-order valence-electron chi connectivity index (χ0n) is 19.3. The average molecular weight is 449 g/mol. The summed E-state index contributed by atoms with van der Waals surface area (Å²) in [5.41, 5.74) is 1.90. The monoisotopic (exact) mass is 448 g/mol. The summed E-state index contributed by atoms with van der Waals surface area (Å²) in [6, 6.07) is 30.0. The van der Waals surface area contributed by atoms with Gasteiger partial charge in [0.15, 0.2) is 5.79 Å². The van der Waals surface area contributed by atoms with E-state index in [9.17, 15) is 10.2 Å². The van der Waals surface area contributed by atoms with Crippen LogP contribution in [0.25, 0.3) is 0 Å². The summed E-state index contributed by atoms with van der Waals surface area (Å²) >= 11 is 0. The molecule has 2 N–H and O–H groups in total. The van der Waals surface area contributed by atoms with Gasteiger partial charge in [0.2, 0.25) is 0 Å². The molecule has 5 nitrogen and oxygen atoms in total. The average Bonchev–Trinajstić information content (AvgIpc) is 3.17. The van der Waals surface area contributed by atoms with E-state index in [1.807, 2.05) is 91.0 Å². The smallest absolute Gasteiger partial charge is 0.164 e. The van der Waals surface area contributed by atoms with Gasteiger partial charge in [0.25, 0.3) is 0 Å². The fourth-order valence-corrected chi connectivity index (χ4v) is 4.56. The SMILES string of the molecule is C[C@@H](O)[C@H]1OC(C)(C)O[C@@H]1[C@H](O)COC(c1ccccc1)(c1ccccc1)c1ccccc1. The third kappa shape index (κ3) is 4.88. The van der Waals surface area contributed by atoms with Crippen molar-refractivity contribution < 1.29 is 24.4 Å². The molecule has 174 valence electrons. The highest BCUT2D eigenvalue weighted by Gasteiger charge is 2.48. The third-order valence-corrected chi connectivity index (χ3v) is 6.03. The van der Waals surface area contributed by atoms with Crippen LogP contribution in [0.3, 0.4) is 0 Å². The van der Waals surface area contributed by atoms with Crippen LogP contribution in [0.15, 0.2) is 91.0 Å². The van der Waals surface area contributed by atoms with Crippen LogP contribution in [0, 0.1) is 0 Å². The molecule has 4 atom stereocenters. The topological polar surface area (TPSA) is 68.2 Å². The van der Waals surface area contributed by atoms with E-state index in [2.05, 4.69) is 0 Å². The Balaban J connectivity index is 1.73. The Hall–Kier alpha value is -2.54. The van der Waals surface area contributed by atoms with Crippen LogP contribution in [-0.2, 0) is 19.8 Å². The molecule has 0 spiro atoms. The largest absolute Gasteiger partial charge is 0.391 e. The van der Waals surface area contributed by atoms with E-state index in [-0.39, 0.29) is 6.61 Å². The molecule has 0 unspecified atom stereocenters. The number of hydrogen-bond donors (Lipinski definition) is 2. The molecule has 1 saturated heterocycles. The second kappa shape index (κ2) is 9.75. The molecule has 1 fully saturated rings. The van der Waals surface area contributed by atoms with E-state index >= 15 is 0 Å². The molecular formula is C28H32O5. The lowest BCUT2D eigenvalue weighted by Gasteiger charge is -2.37. The number of hydrogen-bond acceptors (Lipinski definition) is 5. The van der Waals surface area contributed by atoms with Crippen LogP contribution in [0.5, 0.6) is 0 Å². The van der Waals surface area contributed by atoms with Crippen molar-refractivity contribution in [2.75, 3.05) is 6.61 Å². The van der Waals surface area contributed by atoms with Crippen LogP contribution in [-0.4, -0.2) is 47.0 Å². The summed E-state index contributed by atoms with van der Waals surface area (Å²) in [7, 11) is 0. The van der Waals surface area contributed by atoms with Gasteiger partial charge in [-0.2, -0.15) is 0 Å². The first-order valence-electron chi connectivity index (χ1n) is 11.4. The molecule has 3 aromatic carbocycles. The van der Waals surface area contributed by atoms with E-state index in [1.54, 1.807) is 20.8 Å². The molecular weight excluding hydrogens is 416 g/mol. The van der Waals surface area contributed by atoms with Gasteiger partial charge in [-0.05, 0) is 37.5 Å². The molecule has 1 aliphatic rings. The molecule has 33 heavy (non-hydrogen) atoms. The molecule has 1 aliphatic heterocycles. The molecule has 0 bridgehead atoms. The van der Waals surface area contributed by atoms with Crippen molar-refractivity contribution in [2.24, 2.45) is 0 Å². The van der Waals surface area contributed by atoms with Gasteiger partial charge in [-0.25, -0.2) is 0 Å². The Kier molecular flexibility index (Phi) is 6.98. The van der Waals surface area contributed by atoms with E-state index in [0.29, 0.717) is 0 Å². The second-order valence-electron chi connectivity index (χ2n) is 8.96. The van der Waals surface area contributed by atoms with Crippen molar-refractivity contribution in [3.05, 3.63) is 108 Å². The second-order valence-corrected chi connectivity index (χ2v) is 8.96. The molecule has 3 aromatic rings. The van der Waals surface area contributed by atoms with Crippen molar-refractivity contribution in [2.45, 2.75) is 56.6 Å². The summed E-state index contributed by atoms with van der Waals surface area (Å²) in [5, 5.41) is 21.4. The highest BCUT2D eigenvalue weighted by atomic mass is 16.8. The number of aliphatic hydroxyl groups excluding tert-OH is 2. The lowest BCUT2D eigenvalue weighted by molar-refractivity contribution is -0.164. The van der Waals surface area contributed by atoms with Crippen molar-refractivity contribution in [1.29, 1.82) is 0 Å². The Labute approximate surface area is 195 Å². The Morgan fingerprint density at radius 3 is 1.55 bits per heavy atom. The predicted molar refractivity (Wildman–Crippen MR) is 127 cm³/mol. The van der Waals surface area contributed by atoms with Crippen LogP contribution < -0.4 is 0 Å². The van der Waals surface area contributed by atoms with Gasteiger partial charge in [0, 0.05) is 0 Å². The first kappa shape index (κ1) is 23.6. The standard InChI is InChI=1S/C28H32O5/c1-20(29)25-26(33-27(2,3)32-25)24(30)19-31-28(21-13-7-4-8-14-21,22-15-9-5-10-16-22)23-17-11-6-12-18-23/h4-18,20,24-26,29-30H,19H2,1-3H3/t20-,24-,25-,26-/m1/s1. The Morgan fingerprint density at radius 1 is 0.758 bits per heavy atom. The zero-order valence-corrected chi connectivity index (χ0v) is 19.3. The molecule has 5 heteroatoms. The van der Waals surface area contributed by atoms with Gasteiger partial charge in [-0.1, -0.05) is 91.0 Å². The zero-order chi connectivity index (χ0) is 23.5. The molecule has 0 aliphatic carbocycles. The van der Waals surface area contributed by atoms with E-state index in [0.717, 1.165) is 16.7 Å². The van der Waals surface area contributed by atoms with Gasteiger partial charge in [-0.3, -0.25) is 0 Å². The summed E-state index contributed by atoms with van der Waals surface area (Å²) in [5.74, 6) is -0.900. The quantitative estimate of drug-likeness (QED) is 0.504. The van der Waals surface area contributed by atoms with Gasteiger partial charge in [-0.15, -0.1) is 0 Å². The molecule has 4 rings (SSSR count). The van der Waals surface area contributed by atoms with Gasteiger partial charge < -0.3 is 24.4 Å². The summed E-state index contributed by atoms with van der Waals surface area (Å²) < 4.78 is 18.5. The van der Waals surface area contributed by atoms with Crippen molar-refractivity contribution in [1.82, 2.24) is 0 Å². The predicted octanol–water partition coefficient (Wildman–Crippen LogP) is 4.26. The molecule has 1 heterocycles. The van der Waals surface area contributed by atoms with E-state index in [1.165, 1.54) is 0 Å². The highest BCUT2D eigenvalue weighted by Crippen LogP contribution is 2.41. The van der Waals surface area contributed by atoms with Crippen LogP contribution >= 0.6 is 0 Å². The number of ether oxygens (including phenoxy) is 3. The molecule has 0 amide bonds. The fraction of sp³-hybridized carbons (Fsp3) is 0.357. The van der Waals surface area contributed by atoms with Gasteiger partial charge in [0.05, 0.1) is 12.7 Å². The normalized spacial score (nSPS) is 22.1. The minimum absolute atomic E-state index is 0.0218. The molecule has 0 radical (unpaired) electrons. The first-order valence-corrected chi connectivity index (χ1v) is 11.4. The highest BCUT2D eigenvalue weighted by molar-refractivity contribution is 5.47. The summed E-state index contributed by atoms with van der Waals surface area (Å²) in [6.07, 6.45) is -3.19.